The van der Waals surface area contributed by atoms with E-state index in [1.54, 1.807) is 0 Å². The number of carbonyl (C=O) groups is 1. The largest absolute Gasteiger partial charge is 0.337 e. The molecule has 2 aliphatic rings. The zero-order valence-corrected chi connectivity index (χ0v) is 19.2. The van der Waals surface area contributed by atoms with Gasteiger partial charge in [-0.15, -0.1) is 0 Å². The van der Waals surface area contributed by atoms with Gasteiger partial charge in [0.15, 0.2) is 5.69 Å². The molecule has 1 fully saturated rings. The first-order valence-electron chi connectivity index (χ1n) is 12.2. The van der Waals surface area contributed by atoms with Gasteiger partial charge >= 0.3 is 0 Å². The van der Waals surface area contributed by atoms with Gasteiger partial charge in [0, 0.05) is 81.7 Å². The Kier molecular flexibility index (Phi) is 6.76. The van der Waals surface area contributed by atoms with Crippen molar-refractivity contribution in [1.82, 2.24) is 29.5 Å². The summed E-state index contributed by atoms with van der Waals surface area (Å²) in [7, 11) is 0. The normalized spacial score (nSPS) is 16.5. The van der Waals surface area contributed by atoms with Crippen LogP contribution in [0.1, 0.15) is 58.6 Å². The van der Waals surface area contributed by atoms with Gasteiger partial charge in [-0.25, -0.2) is 0 Å². The van der Waals surface area contributed by atoms with Crippen molar-refractivity contribution in [3.8, 4) is 0 Å². The van der Waals surface area contributed by atoms with Crippen LogP contribution in [0.15, 0.2) is 49.1 Å². The van der Waals surface area contributed by atoms with Crippen LogP contribution in [-0.2, 0) is 32.5 Å². The van der Waals surface area contributed by atoms with Crippen LogP contribution in [-0.4, -0.2) is 55.1 Å². The summed E-state index contributed by atoms with van der Waals surface area (Å²) in [5, 5.41) is 4.91. The summed E-state index contributed by atoms with van der Waals surface area (Å²) in [6.45, 7) is 5.10. The van der Waals surface area contributed by atoms with Crippen LogP contribution >= 0.6 is 0 Å². The number of piperidine rings is 1. The number of fused-ring (bicyclic) bond motifs is 1. The Hall–Kier alpha value is -3.06. The molecule has 172 valence electrons. The van der Waals surface area contributed by atoms with Crippen LogP contribution in [0.3, 0.4) is 0 Å². The summed E-state index contributed by atoms with van der Waals surface area (Å²) in [6, 6.07) is 8.20. The number of nitrogens with zero attached hydrogens (tertiary/aromatic N) is 6. The first kappa shape index (κ1) is 21.8. The molecule has 2 aliphatic heterocycles. The number of aryl methyl sites for hydroxylation is 2. The lowest BCUT2D eigenvalue weighted by Gasteiger charge is -2.29. The standard InChI is InChI=1S/C26H32N6O/c33-26(31-13-2-1-3-14-31)25-23-20-30(19-22-8-5-12-28-18-22)16-10-24(23)32(29-25)15-6-9-21-7-4-11-27-17-21/h4-5,7-8,11-12,17-18H,1-3,6,9-10,13-16,19-20H2. The smallest absolute Gasteiger partial charge is 0.274 e. The number of hydrogen-bond acceptors (Lipinski definition) is 5. The Morgan fingerprint density at radius 2 is 1.70 bits per heavy atom. The van der Waals surface area contributed by atoms with E-state index in [0.717, 1.165) is 76.9 Å². The highest BCUT2D eigenvalue weighted by molar-refractivity contribution is 5.94. The minimum atomic E-state index is 0.111. The molecule has 3 aromatic rings. The lowest BCUT2D eigenvalue weighted by molar-refractivity contribution is 0.0715. The Labute approximate surface area is 195 Å². The Morgan fingerprint density at radius 1 is 0.939 bits per heavy atom. The van der Waals surface area contributed by atoms with Gasteiger partial charge in [0.25, 0.3) is 5.91 Å². The number of aromatic nitrogens is 4. The molecule has 7 nitrogen and oxygen atoms in total. The van der Waals surface area contributed by atoms with Gasteiger partial charge in [0.2, 0.25) is 0 Å². The summed E-state index contributed by atoms with van der Waals surface area (Å²) in [5.74, 6) is 0.111. The van der Waals surface area contributed by atoms with Gasteiger partial charge < -0.3 is 4.90 Å². The van der Waals surface area contributed by atoms with Crippen LogP contribution in [0.5, 0.6) is 0 Å². The van der Waals surface area contributed by atoms with E-state index in [9.17, 15) is 4.79 Å². The fraction of sp³-hybridized carbons (Fsp3) is 0.462. The fourth-order valence-corrected chi connectivity index (χ4v) is 5.01. The van der Waals surface area contributed by atoms with Crippen molar-refractivity contribution in [3.63, 3.8) is 0 Å². The molecule has 7 heteroatoms. The summed E-state index contributed by atoms with van der Waals surface area (Å²) in [6.07, 6.45) is 13.7. The van der Waals surface area contributed by atoms with Gasteiger partial charge in [-0.2, -0.15) is 5.10 Å². The third-order valence-corrected chi connectivity index (χ3v) is 6.75. The summed E-state index contributed by atoms with van der Waals surface area (Å²) < 4.78 is 2.12. The van der Waals surface area contributed by atoms with E-state index in [-0.39, 0.29) is 5.91 Å². The topological polar surface area (TPSA) is 67.2 Å². The molecule has 0 saturated carbocycles. The average Bonchev–Trinajstić information content (AvgIpc) is 3.23. The van der Waals surface area contributed by atoms with Crippen molar-refractivity contribution in [2.75, 3.05) is 19.6 Å². The zero-order chi connectivity index (χ0) is 22.5. The number of carbonyl (C=O) groups excluding carboxylic acids is 1. The minimum absolute atomic E-state index is 0.111. The predicted molar refractivity (Wildman–Crippen MR) is 127 cm³/mol. The molecule has 0 aliphatic carbocycles. The lowest BCUT2D eigenvalue weighted by Crippen LogP contribution is -2.37. The molecule has 0 spiro atoms. The van der Waals surface area contributed by atoms with Crippen molar-refractivity contribution in [2.24, 2.45) is 0 Å². The van der Waals surface area contributed by atoms with Crippen molar-refractivity contribution < 1.29 is 4.79 Å². The molecule has 0 atom stereocenters. The molecule has 0 bridgehead atoms. The predicted octanol–water partition coefficient (Wildman–Crippen LogP) is 3.49. The van der Waals surface area contributed by atoms with E-state index >= 15 is 0 Å². The summed E-state index contributed by atoms with van der Waals surface area (Å²) in [4.78, 5) is 26.4. The van der Waals surface area contributed by atoms with Crippen LogP contribution < -0.4 is 0 Å². The second-order valence-corrected chi connectivity index (χ2v) is 9.14. The number of rotatable bonds is 7. The second-order valence-electron chi connectivity index (χ2n) is 9.14. The van der Waals surface area contributed by atoms with Crippen molar-refractivity contribution in [3.05, 3.63) is 77.1 Å². The number of hydrogen-bond donors (Lipinski definition) is 0. The van der Waals surface area contributed by atoms with Gasteiger partial charge in [-0.3, -0.25) is 24.3 Å². The number of pyridine rings is 2. The van der Waals surface area contributed by atoms with E-state index in [2.05, 4.69) is 31.7 Å². The fourth-order valence-electron chi connectivity index (χ4n) is 5.01. The molecule has 0 radical (unpaired) electrons. The summed E-state index contributed by atoms with van der Waals surface area (Å²) >= 11 is 0. The van der Waals surface area contributed by atoms with E-state index < -0.39 is 0 Å². The molecule has 5 heterocycles. The highest BCUT2D eigenvalue weighted by Crippen LogP contribution is 2.26. The molecule has 33 heavy (non-hydrogen) atoms. The van der Waals surface area contributed by atoms with Gasteiger partial charge in [-0.05, 0) is 55.4 Å². The summed E-state index contributed by atoms with van der Waals surface area (Å²) in [5.41, 5.74) is 5.48. The van der Waals surface area contributed by atoms with Gasteiger partial charge in [-0.1, -0.05) is 12.1 Å². The highest BCUT2D eigenvalue weighted by Gasteiger charge is 2.30. The molecule has 5 rings (SSSR count). The Balaban J connectivity index is 1.35. The first-order chi connectivity index (χ1) is 16.3. The third kappa shape index (κ3) is 5.14. The number of amides is 1. The third-order valence-electron chi connectivity index (χ3n) is 6.75. The maximum Gasteiger partial charge on any atom is 0.274 e. The average molecular weight is 445 g/mol. The van der Waals surface area contributed by atoms with Crippen molar-refractivity contribution in [1.29, 1.82) is 0 Å². The molecule has 0 N–H and O–H groups in total. The second kappa shape index (κ2) is 10.3. The quantitative estimate of drug-likeness (QED) is 0.558. The van der Waals surface area contributed by atoms with E-state index in [1.807, 2.05) is 41.8 Å². The van der Waals surface area contributed by atoms with Crippen LogP contribution in [0.2, 0.25) is 0 Å². The van der Waals surface area contributed by atoms with Crippen LogP contribution in [0.25, 0.3) is 0 Å². The molecule has 0 unspecified atom stereocenters. The maximum atomic E-state index is 13.5. The van der Waals surface area contributed by atoms with E-state index in [1.165, 1.54) is 23.2 Å². The van der Waals surface area contributed by atoms with Crippen molar-refractivity contribution >= 4 is 5.91 Å². The minimum Gasteiger partial charge on any atom is -0.337 e. The van der Waals surface area contributed by atoms with Gasteiger partial charge in [0.1, 0.15) is 0 Å². The number of likely N-dealkylation sites (tertiary alicyclic amines) is 1. The molecular weight excluding hydrogens is 412 g/mol. The van der Waals surface area contributed by atoms with Crippen LogP contribution in [0, 0.1) is 0 Å². The Morgan fingerprint density at radius 3 is 2.42 bits per heavy atom. The highest BCUT2D eigenvalue weighted by atomic mass is 16.2. The van der Waals surface area contributed by atoms with E-state index in [0.29, 0.717) is 5.69 Å². The molecular formula is C26H32N6O. The SMILES string of the molecule is O=C(c1nn(CCCc2cccnc2)c2c1CN(Cc1cccnc1)CC2)N1CCCCC1. The Bertz CT molecular complexity index is 1060. The first-order valence-corrected chi connectivity index (χ1v) is 12.2. The zero-order valence-electron chi connectivity index (χ0n) is 19.2. The molecule has 3 aromatic heterocycles. The lowest BCUT2D eigenvalue weighted by atomic mass is 10.0. The molecule has 0 aromatic carbocycles. The monoisotopic (exact) mass is 444 g/mol. The molecule has 1 amide bonds. The van der Waals surface area contributed by atoms with Gasteiger partial charge in [0.05, 0.1) is 0 Å². The molecule has 1 saturated heterocycles. The van der Waals surface area contributed by atoms with Crippen molar-refractivity contribution in [2.45, 2.75) is 58.2 Å². The maximum absolute atomic E-state index is 13.5. The van der Waals surface area contributed by atoms with E-state index in [4.69, 9.17) is 5.10 Å². The van der Waals surface area contributed by atoms with Crippen LogP contribution in [0.4, 0.5) is 0 Å².